The molecule has 0 aliphatic heterocycles. The molecule has 0 saturated heterocycles. The third kappa shape index (κ3) is 4.49. The molecule has 20 heavy (non-hydrogen) atoms. The minimum atomic E-state index is -0.989. The number of aryl methyl sites for hydroxylation is 1. The van der Waals surface area contributed by atoms with E-state index in [9.17, 15) is 14.3 Å². The average molecular weight is 282 g/mol. The van der Waals surface area contributed by atoms with E-state index in [0.29, 0.717) is 0 Å². The van der Waals surface area contributed by atoms with E-state index < -0.39 is 17.4 Å². The van der Waals surface area contributed by atoms with Gasteiger partial charge >= 0.3 is 6.03 Å². The van der Waals surface area contributed by atoms with Gasteiger partial charge in [-0.2, -0.15) is 0 Å². The van der Waals surface area contributed by atoms with Crippen LogP contribution in [0.5, 0.6) is 0 Å². The number of amides is 2. The summed E-state index contributed by atoms with van der Waals surface area (Å²) in [5.41, 5.74) is -0.00368. The molecule has 1 aromatic rings. The molecular formula is C15H23FN2O2. The molecule has 5 heteroatoms. The first kappa shape index (κ1) is 16.4. The topological polar surface area (TPSA) is 61.4 Å². The molecule has 0 aliphatic rings. The second kappa shape index (κ2) is 6.70. The summed E-state index contributed by atoms with van der Waals surface area (Å²) in [6.45, 7) is 7.49. The van der Waals surface area contributed by atoms with Crippen LogP contribution in [0.4, 0.5) is 14.9 Å². The maximum Gasteiger partial charge on any atom is 0.319 e. The third-order valence-electron chi connectivity index (χ3n) is 3.65. The van der Waals surface area contributed by atoms with E-state index in [1.807, 2.05) is 20.8 Å². The number of rotatable bonds is 5. The minimum absolute atomic E-state index is 0.0542. The summed E-state index contributed by atoms with van der Waals surface area (Å²) in [6, 6.07) is 3.96. The summed E-state index contributed by atoms with van der Waals surface area (Å²) in [5.74, 6) is -0.432. The van der Waals surface area contributed by atoms with E-state index in [-0.39, 0.29) is 18.2 Å². The maximum absolute atomic E-state index is 13.5. The summed E-state index contributed by atoms with van der Waals surface area (Å²) in [7, 11) is 0. The zero-order valence-corrected chi connectivity index (χ0v) is 12.5. The van der Waals surface area contributed by atoms with Crippen LogP contribution < -0.4 is 10.6 Å². The Morgan fingerprint density at radius 1 is 1.50 bits per heavy atom. The zero-order valence-electron chi connectivity index (χ0n) is 12.5. The fraction of sp³-hybridized carbons (Fsp3) is 0.533. The molecule has 3 N–H and O–H groups in total. The number of hydrogen-bond donors (Lipinski definition) is 3. The third-order valence-corrected chi connectivity index (χ3v) is 3.65. The smallest absolute Gasteiger partial charge is 0.319 e. The molecule has 2 atom stereocenters. The summed E-state index contributed by atoms with van der Waals surface area (Å²) < 4.78 is 13.5. The number of halogens is 1. The van der Waals surface area contributed by atoms with Crippen molar-refractivity contribution in [1.29, 1.82) is 0 Å². The predicted octanol–water partition coefficient (Wildman–Crippen LogP) is 3.05. The van der Waals surface area contributed by atoms with Crippen molar-refractivity contribution in [2.75, 3.05) is 11.9 Å². The van der Waals surface area contributed by atoms with Crippen molar-refractivity contribution < 1.29 is 14.3 Å². The van der Waals surface area contributed by atoms with Crippen molar-refractivity contribution in [1.82, 2.24) is 5.32 Å². The number of carbonyl (C=O) groups excluding carboxylic acids is 1. The molecule has 0 aliphatic carbocycles. The van der Waals surface area contributed by atoms with Gasteiger partial charge in [0.1, 0.15) is 5.82 Å². The molecular weight excluding hydrogens is 259 g/mol. The van der Waals surface area contributed by atoms with Gasteiger partial charge in [-0.3, -0.25) is 0 Å². The molecule has 0 fully saturated rings. The van der Waals surface area contributed by atoms with Crippen LogP contribution in [-0.2, 0) is 0 Å². The van der Waals surface area contributed by atoms with Gasteiger partial charge in [0.15, 0.2) is 0 Å². The molecule has 0 spiro atoms. The Kier molecular flexibility index (Phi) is 5.51. The summed E-state index contributed by atoms with van der Waals surface area (Å²) >= 11 is 0. The van der Waals surface area contributed by atoms with E-state index >= 15 is 0 Å². The standard InChI is InChI=1S/C15H23FN2O2/c1-5-11(3)15(4,20)9-17-14(19)18-13-8-10(2)6-7-12(13)16/h6-8,11,20H,5,9H2,1-4H3,(H2,17,18,19). The SMILES string of the molecule is CCC(C)C(C)(O)CNC(=O)Nc1cc(C)ccc1F. The van der Waals surface area contributed by atoms with Gasteiger partial charge in [0.05, 0.1) is 11.3 Å². The first-order chi connectivity index (χ1) is 9.26. The summed E-state index contributed by atoms with van der Waals surface area (Å²) in [4.78, 5) is 11.7. The second-order valence-electron chi connectivity index (χ2n) is 5.46. The number of anilines is 1. The lowest BCUT2D eigenvalue weighted by Gasteiger charge is -2.29. The van der Waals surface area contributed by atoms with Gasteiger partial charge in [-0.25, -0.2) is 9.18 Å². The number of aliphatic hydroxyl groups is 1. The van der Waals surface area contributed by atoms with Crippen LogP contribution in [0.15, 0.2) is 18.2 Å². The van der Waals surface area contributed by atoms with Crippen molar-refractivity contribution in [3.8, 4) is 0 Å². The number of urea groups is 1. The lowest BCUT2D eigenvalue weighted by Crippen LogP contribution is -2.46. The first-order valence-corrected chi connectivity index (χ1v) is 6.79. The summed E-state index contributed by atoms with van der Waals surface area (Å²) in [5, 5.41) is 15.2. The van der Waals surface area contributed by atoms with Crippen molar-refractivity contribution in [2.45, 2.75) is 39.7 Å². The largest absolute Gasteiger partial charge is 0.388 e. The van der Waals surface area contributed by atoms with Crippen LogP contribution in [-0.4, -0.2) is 23.3 Å². The number of nitrogens with one attached hydrogen (secondary N) is 2. The Morgan fingerprint density at radius 2 is 2.15 bits per heavy atom. The number of carbonyl (C=O) groups is 1. The van der Waals surface area contributed by atoms with Gasteiger partial charge in [-0.15, -0.1) is 0 Å². The van der Waals surface area contributed by atoms with Crippen molar-refractivity contribution in [2.24, 2.45) is 5.92 Å². The Bertz CT molecular complexity index is 475. The fourth-order valence-corrected chi connectivity index (χ4v) is 1.77. The van der Waals surface area contributed by atoms with Crippen molar-refractivity contribution in [3.05, 3.63) is 29.6 Å². The molecule has 0 saturated carbocycles. The lowest BCUT2D eigenvalue weighted by molar-refractivity contribution is 0.00827. The van der Waals surface area contributed by atoms with Gasteiger partial charge in [-0.05, 0) is 37.5 Å². The molecule has 112 valence electrons. The van der Waals surface area contributed by atoms with Gasteiger partial charge in [0.2, 0.25) is 0 Å². The van der Waals surface area contributed by atoms with Gasteiger partial charge in [0, 0.05) is 6.54 Å². The van der Waals surface area contributed by atoms with Crippen LogP contribution >= 0.6 is 0 Å². The fourth-order valence-electron chi connectivity index (χ4n) is 1.77. The average Bonchev–Trinajstić information content (AvgIpc) is 2.39. The molecule has 0 radical (unpaired) electrons. The number of hydrogen-bond acceptors (Lipinski definition) is 2. The van der Waals surface area contributed by atoms with Crippen LogP contribution in [0.3, 0.4) is 0 Å². The van der Waals surface area contributed by atoms with Gasteiger partial charge in [0.25, 0.3) is 0 Å². The highest BCUT2D eigenvalue weighted by molar-refractivity contribution is 5.89. The van der Waals surface area contributed by atoms with Crippen LogP contribution in [0.25, 0.3) is 0 Å². The molecule has 2 unspecified atom stereocenters. The van der Waals surface area contributed by atoms with Crippen molar-refractivity contribution in [3.63, 3.8) is 0 Å². The highest BCUT2D eigenvalue weighted by atomic mass is 19.1. The highest BCUT2D eigenvalue weighted by Gasteiger charge is 2.27. The molecule has 0 heterocycles. The highest BCUT2D eigenvalue weighted by Crippen LogP contribution is 2.19. The Labute approximate surface area is 119 Å². The maximum atomic E-state index is 13.5. The van der Waals surface area contributed by atoms with Crippen LogP contribution in [0.2, 0.25) is 0 Å². The van der Waals surface area contributed by atoms with E-state index in [1.165, 1.54) is 6.07 Å². The van der Waals surface area contributed by atoms with E-state index in [2.05, 4.69) is 10.6 Å². The normalized spacial score (nSPS) is 15.3. The molecule has 0 bridgehead atoms. The minimum Gasteiger partial charge on any atom is -0.388 e. The Hall–Kier alpha value is -1.62. The van der Waals surface area contributed by atoms with E-state index in [1.54, 1.807) is 19.1 Å². The molecule has 2 amide bonds. The lowest BCUT2D eigenvalue weighted by atomic mass is 9.89. The van der Waals surface area contributed by atoms with Crippen molar-refractivity contribution >= 4 is 11.7 Å². The predicted molar refractivity (Wildman–Crippen MR) is 78.2 cm³/mol. The molecule has 1 aromatic carbocycles. The Morgan fingerprint density at radius 3 is 2.75 bits per heavy atom. The molecule has 4 nitrogen and oxygen atoms in total. The van der Waals surface area contributed by atoms with Gasteiger partial charge < -0.3 is 15.7 Å². The Balaban J connectivity index is 2.58. The quantitative estimate of drug-likeness (QED) is 0.777. The second-order valence-corrected chi connectivity index (χ2v) is 5.46. The summed E-state index contributed by atoms with van der Waals surface area (Å²) in [6.07, 6.45) is 0.808. The van der Waals surface area contributed by atoms with Crippen LogP contribution in [0, 0.1) is 18.7 Å². The number of benzene rings is 1. The zero-order chi connectivity index (χ0) is 15.3. The molecule has 1 rings (SSSR count). The van der Waals surface area contributed by atoms with E-state index in [4.69, 9.17) is 0 Å². The monoisotopic (exact) mass is 282 g/mol. The van der Waals surface area contributed by atoms with Crippen LogP contribution in [0.1, 0.15) is 32.8 Å². The van der Waals surface area contributed by atoms with Gasteiger partial charge in [-0.1, -0.05) is 26.3 Å². The van der Waals surface area contributed by atoms with E-state index in [0.717, 1.165) is 12.0 Å². The molecule has 0 aromatic heterocycles. The first-order valence-electron chi connectivity index (χ1n) is 6.79.